The lowest BCUT2D eigenvalue weighted by Gasteiger charge is -2.35. The molecule has 0 atom stereocenters. The van der Waals surface area contributed by atoms with E-state index in [0.717, 1.165) is 28.3 Å². The van der Waals surface area contributed by atoms with Gasteiger partial charge < -0.3 is 9.47 Å². The lowest BCUT2D eigenvalue weighted by molar-refractivity contribution is 0.768. The van der Waals surface area contributed by atoms with Crippen molar-refractivity contribution in [2.24, 2.45) is 0 Å². The summed E-state index contributed by atoms with van der Waals surface area (Å²) in [7, 11) is 0. The molecule has 0 radical (unpaired) electrons. The normalized spacial score (nSPS) is 12.6. The summed E-state index contributed by atoms with van der Waals surface area (Å²) in [5, 5.41) is 2.46. The molecule has 2 heteroatoms. The van der Waals surface area contributed by atoms with Crippen molar-refractivity contribution < 1.29 is 0 Å². The van der Waals surface area contributed by atoms with Crippen molar-refractivity contribution in [2.75, 3.05) is 4.90 Å². The van der Waals surface area contributed by atoms with Gasteiger partial charge in [0.15, 0.2) is 0 Å². The first kappa shape index (κ1) is 36.6. The molecule has 10 aromatic carbocycles. The zero-order valence-electron chi connectivity index (χ0n) is 34.6. The summed E-state index contributed by atoms with van der Waals surface area (Å²) >= 11 is 0. The summed E-state index contributed by atoms with van der Waals surface area (Å²) < 4.78 is 2.44. The van der Waals surface area contributed by atoms with Gasteiger partial charge in [-0.25, -0.2) is 0 Å². The second-order valence-electron chi connectivity index (χ2n) is 16.4. The first-order chi connectivity index (χ1) is 31.3. The van der Waals surface area contributed by atoms with Gasteiger partial charge in [0.2, 0.25) is 0 Å². The highest BCUT2D eigenvalue weighted by molar-refractivity contribution is 6.16. The fourth-order valence-corrected chi connectivity index (χ4v) is 10.4. The first-order valence-electron chi connectivity index (χ1n) is 21.8. The van der Waals surface area contributed by atoms with E-state index in [4.69, 9.17) is 0 Å². The van der Waals surface area contributed by atoms with Gasteiger partial charge in [0.05, 0.1) is 16.4 Å². The van der Waals surface area contributed by atoms with Crippen LogP contribution in [0.4, 0.5) is 17.1 Å². The molecule has 1 aliphatic rings. The molecule has 0 N–H and O–H groups in total. The van der Waals surface area contributed by atoms with E-state index in [0.29, 0.717) is 0 Å². The number of anilines is 3. The van der Waals surface area contributed by atoms with Crippen molar-refractivity contribution in [3.05, 3.63) is 277 Å². The average molecular weight is 803 g/mol. The lowest BCUT2D eigenvalue weighted by Crippen LogP contribution is -2.28. The van der Waals surface area contributed by atoms with E-state index in [1.54, 1.807) is 0 Å². The number of nitrogens with zero attached hydrogens (tertiary/aromatic N) is 2. The van der Waals surface area contributed by atoms with Gasteiger partial charge >= 0.3 is 0 Å². The van der Waals surface area contributed by atoms with Crippen LogP contribution in [-0.4, -0.2) is 4.57 Å². The molecule has 1 heterocycles. The molecule has 12 rings (SSSR count). The molecule has 0 spiro atoms. The third-order valence-corrected chi connectivity index (χ3v) is 13.0. The molecule has 11 aromatic rings. The maximum absolute atomic E-state index is 2.47. The molecule has 2 nitrogen and oxygen atoms in total. The average Bonchev–Trinajstić information content (AvgIpc) is 3.86. The Morgan fingerprint density at radius 1 is 0.317 bits per heavy atom. The number of fused-ring (bicyclic) bond motifs is 6. The number of hydrogen-bond donors (Lipinski definition) is 0. The molecule has 63 heavy (non-hydrogen) atoms. The van der Waals surface area contributed by atoms with Gasteiger partial charge in [-0.05, 0) is 110 Å². The third kappa shape index (κ3) is 5.87. The van der Waals surface area contributed by atoms with Crippen LogP contribution >= 0.6 is 0 Å². The Balaban J connectivity index is 1.14. The minimum Gasteiger partial charge on any atom is -0.310 e. The second-order valence-corrected chi connectivity index (χ2v) is 16.4. The van der Waals surface area contributed by atoms with Gasteiger partial charge in [-0.2, -0.15) is 0 Å². The molecular formula is C61H42N2. The largest absolute Gasteiger partial charge is 0.310 e. The Hall–Kier alpha value is -8.20. The number of rotatable bonds is 8. The second kappa shape index (κ2) is 15.1. The fourth-order valence-electron chi connectivity index (χ4n) is 10.4. The summed E-state index contributed by atoms with van der Waals surface area (Å²) in [5.41, 5.74) is 18.6. The summed E-state index contributed by atoms with van der Waals surface area (Å²) in [4.78, 5) is 2.46. The van der Waals surface area contributed by atoms with Crippen LogP contribution in [0.15, 0.2) is 255 Å². The van der Waals surface area contributed by atoms with Crippen LogP contribution in [0.3, 0.4) is 0 Å². The predicted octanol–water partition coefficient (Wildman–Crippen LogP) is 16.0. The van der Waals surface area contributed by atoms with Gasteiger partial charge in [0.25, 0.3) is 0 Å². The van der Waals surface area contributed by atoms with Crippen LogP contribution in [0.5, 0.6) is 0 Å². The van der Waals surface area contributed by atoms with Crippen molar-refractivity contribution >= 4 is 38.9 Å². The molecular weight excluding hydrogens is 761 g/mol. The van der Waals surface area contributed by atoms with Crippen molar-refractivity contribution in [1.82, 2.24) is 4.57 Å². The molecule has 0 unspecified atom stereocenters. The van der Waals surface area contributed by atoms with Gasteiger partial charge in [-0.3, -0.25) is 0 Å². The van der Waals surface area contributed by atoms with E-state index in [1.165, 1.54) is 71.9 Å². The van der Waals surface area contributed by atoms with E-state index >= 15 is 0 Å². The number of benzene rings is 10. The molecule has 0 bridgehead atoms. The standard InChI is InChI=1S/C61H42N2/c1-6-20-43(21-7-1)45-24-18-31-49(40-45)62(50-36-38-54-53-32-16-17-34-56(53)61(57(54)41-50,46-25-10-3-11-26-46)47-27-12-4-13-28-47)51-37-39-55-59(42-51)63(48-29-14-5-15-30-48)58-35-19-33-52(60(55)58)44-22-8-2-9-23-44/h1-42H. The highest BCUT2D eigenvalue weighted by Crippen LogP contribution is 2.57. The Kier molecular flexibility index (Phi) is 8.76. The summed E-state index contributed by atoms with van der Waals surface area (Å²) in [6, 6.07) is 93.3. The van der Waals surface area contributed by atoms with E-state index < -0.39 is 5.41 Å². The molecule has 0 saturated heterocycles. The van der Waals surface area contributed by atoms with Crippen molar-refractivity contribution in [3.63, 3.8) is 0 Å². The maximum Gasteiger partial charge on any atom is 0.0714 e. The van der Waals surface area contributed by atoms with Gasteiger partial charge in [0.1, 0.15) is 0 Å². The van der Waals surface area contributed by atoms with Crippen LogP contribution in [0.2, 0.25) is 0 Å². The van der Waals surface area contributed by atoms with Crippen molar-refractivity contribution in [1.29, 1.82) is 0 Å². The van der Waals surface area contributed by atoms with Gasteiger partial charge in [0, 0.05) is 33.5 Å². The Bertz CT molecular complexity index is 3390. The van der Waals surface area contributed by atoms with Gasteiger partial charge in [-0.1, -0.05) is 200 Å². The molecule has 296 valence electrons. The molecule has 1 aromatic heterocycles. The first-order valence-corrected chi connectivity index (χ1v) is 21.8. The van der Waals surface area contributed by atoms with Crippen LogP contribution in [-0.2, 0) is 5.41 Å². The van der Waals surface area contributed by atoms with E-state index in [-0.39, 0.29) is 0 Å². The van der Waals surface area contributed by atoms with E-state index in [1.807, 2.05) is 0 Å². The third-order valence-electron chi connectivity index (χ3n) is 13.0. The number of hydrogen-bond acceptors (Lipinski definition) is 1. The number of para-hydroxylation sites is 1. The summed E-state index contributed by atoms with van der Waals surface area (Å²) in [6.45, 7) is 0. The highest BCUT2D eigenvalue weighted by atomic mass is 15.1. The van der Waals surface area contributed by atoms with Crippen LogP contribution in [0.25, 0.3) is 60.9 Å². The van der Waals surface area contributed by atoms with E-state index in [2.05, 4.69) is 264 Å². The number of aromatic nitrogens is 1. The van der Waals surface area contributed by atoms with Crippen LogP contribution in [0, 0.1) is 0 Å². The van der Waals surface area contributed by atoms with E-state index in [9.17, 15) is 0 Å². The van der Waals surface area contributed by atoms with Crippen molar-refractivity contribution in [2.45, 2.75) is 5.41 Å². The Morgan fingerprint density at radius 3 is 1.56 bits per heavy atom. The zero-order valence-corrected chi connectivity index (χ0v) is 34.6. The SMILES string of the molecule is c1ccc(-c2cccc(N(c3ccc4c(c3)C(c3ccccc3)(c3ccccc3)c3ccccc3-4)c3ccc4c5c(-c6ccccc6)cccc5n(-c5ccccc5)c4c3)c2)cc1. The molecule has 0 amide bonds. The smallest absolute Gasteiger partial charge is 0.0714 e. The minimum absolute atomic E-state index is 0.528. The summed E-state index contributed by atoms with van der Waals surface area (Å²) in [6.07, 6.45) is 0. The minimum atomic E-state index is -0.528. The maximum atomic E-state index is 2.47. The van der Waals surface area contributed by atoms with Crippen LogP contribution < -0.4 is 4.90 Å². The highest BCUT2D eigenvalue weighted by Gasteiger charge is 2.46. The predicted molar refractivity (Wildman–Crippen MR) is 264 cm³/mol. The van der Waals surface area contributed by atoms with Crippen LogP contribution in [0.1, 0.15) is 22.3 Å². The molecule has 0 aliphatic heterocycles. The molecule has 0 fully saturated rings. The monoisotopic (exact) mass is 802 g/mol. The zero-order chi connectivity index (χ0) is 41.7. The summed E-state index contributed by atoms with van der Waals surface area (Å²) in [5.74, 6) is 0. The Morgan fingerprint density at radius 2 is 0.841 bits per heavy atom. The molecule has 0 saturated carbocycles. The van der Waals surface area contributed by atoms with Gasteiger partial charge in [-0.15, -0.1) is 0 Å². The molecule has 1 aliphatic carbocycles. The quantitative estimate of drug-likeness (QED) is 0.149. The topological polar surface area (TPSA) is 8.17 Å². The fraction of sp³-hybridized carbons (Fsp3) is 0.0164. The Labute approximate surface area is 368 Å². The lowest BCUT2D eigenvalue weighted by atomic mass is 9.67. The van der Waals surface area contributed by atoms with Crippen molar-refractivity contribution in [3.8, 4) is 39.1 Å².